The second kappa shape index (κ2) is 20.4. The van der Waals surface area contributed by atoms with Crippen LogP contribution in [0.25, 0.3) is 12.2 Å². The van der Waals surface area contributed by atoms with Gasteiger partial charge in [-0.15, -0.1) is 0 Å². The summed E-state index contributed by atoms with van der Waals surface area (Å²) < 4.78 is 17.8. The fourth-order valence-electron chi connectivity index (χ4n) is 7.94. The molecule has 1 atom stereocenters. The zero-order chi connectivity index (χ0) is 39.9. The highest BCUT2D eigenvalue weighted by atomic mass is 17.2. The largest absolute Gasteiger partial charge is 0.494 e. The molecule has 0 saturated heterocycles. The van der Waals surface area contributed by atoms with E-state index in [1.165, 1.54) is 25.7 Å². The Kier molecular flexibility index (Phi) is 14.6. The van der Waals surface area contributed by atoms with Crippen molar-refractivity contribution in [2.45, 2.75) is 96.3 Å². The Morgan fingerprint density at radius 2 is 1.21 bits per heavy atom. The summed E-state index contributed by atoms with van der Waals surface area (Å²) in [5, 5.41) is 19.9. The second-order valence-electron chi connectivity index (χ2n) is 14.8. The third kappa shape index (κ3) is 10.3. The number of hydrogen-bond donors (Lipinski definition) is 0. The van der Waals surface area contributed by atoms with Gasteiger partial charge in [0.2, 0.25) is 0 Å². The van der Waals surface area contributed by atoms with Crippen LogP contribution in [-0.4, -0.2) is 25.8 Å². The van der Waals surface area contributed by atoms with E-state index in [1.54, 1.807) is 18.2 Å². The molecule has 0 radical (unpaired) electrons. The van der Waals surface area contributed by atoms with Crippen molar-refractivity contribution in [3.63, 3.8) is 0 Å². The van der Waals surface area contributed by atoms with E-state index in [-0.39, 0.29) is 12.2 Å². The number of nitrogens with zero attached hydrogens (tertiary/aromatic N) is 2. The van der Waals surface area contributed by atoms with E-state index in [4.69, 9.17) is 24.0 Å². The van der Waals surface area contributed by atoms with Crippen LogP contribution >= 0.6 is 0 Å². The van der Waals surface area contributed by atoms with Gasteiger partial charge < -0.3 is 19.1 Å². The van der Waals surface area contributed by atoms with Crippen LogP contribution < -0.4 is 19.1 Å². The lowest BCUT2D eigenvalue weighted by Crippen LogP contribution is -2.24. The molecule has 8 heteroatoms. The van der Waals surface area contributed by atoms with Crippen molar-refractivity contribution in [1.29, 1.82) is 10.5 Å². The summed E-state index contributed by atoms with van der Waals surface area (Å²) in [6, 6.07) is 31.0. The maximum atomic E-state index is 13.6. The van der Waals surface area contributed by atoms with Crippen LogP contribution in [0.2, 0.25) is 0 Å². The van der Waals surface area contributed by atoms with Crippen molar-refractivity contribution >= 4 is 18.1 Å². The van der Waals surface area contributed by atoms with Gasteiger partial charge in [-0.25, -0.2) is 4.79 Å². The minimum Gasteiger partial charge on any atom is -0.494 e. The Morgan fingerprint density at radius 3 is 1.75 bits per heavy atom. The summed E-state index contributed by atoms with van der Waals surface area (Å²) in [7, 11) is 0. The Labute approximate surface area is 337 Å². The van der Waals surface area contributed by atoms with Gasteiger partial charge in [0.1, 0.15) is 35.5 Å². The molecule has 0 aliphatic heterocycles. The Balaban J connectivity index is 1.13. The van der Waals surface area contributed by atoms with Crippen LogP contribution in [0.5, 0.6) is 23.0 Å². The number of esters is 1. The van der Waals surface area contributed by atoms with Crippen molar-refractivity contribution in [2.24, 2.45) is 0 Å². The number of nitriles is 2. The number of fused-ring (bicyclic) bond motifs is 4. The van der Waals surface area contributed by atoms with E-state index in [0.29, 0.717) is 35.8 Å². The first kappa shape index (κ1) is 40.8. The van der Waals surface area contributed by atoms with Crippen molar-refractivity contribution < 1.29 is 28.8 Å². The topological polar surface area (TPSA) is 111 Å². The maximum absolute atomic E-state index is 13.6. The lowest BCUT2D eigenvalue weighted by molar-refractivity contribution is -0.197. The number of hydrogen-bond acceptors (Lipinski definition) is 8. The highest BCUT2D eigenvalue weighted by Gasteiger charge is 2.49. The molecule has 0 fully saturated rings. The smallest absolute Gasteiger partial charge is 0.354 e. The molecule has 1 unspecified atom stereocenters. The first-order valence-corrected chi connectivity index (χ1v) is 20.4. The SMILES string of the molecule is CCCCCCOc1ccc(C=C(C#N)COOc2cccc3c2C2(CC3)CCc3cccc(OC(=O)C(C#N)=Cc4ccc(OCCCCCC)cc4)c32)cc1. The lowest BCUT2D eigenvalue weighted by Gasteiger charge is -2.29. The summed E-state index contributed by atoms with van der Waals surface area (Å²) in [5.74, 6) is 1.86. The minimum atomic E-state index is -0.712. The summed E-state index contributed by atoms with van der Waals surface area (Å²) in [5.41, 5.74) is 5.59. The number of benzene rings is 4. The molecule has 4 aromatic rings. The fourth-order valence-corrected chi connectivity index (χ4v) is 7.94. The normalized spacial score (nSPS) is 15.7. The van der Waals surface area contributed by atoms with Crippen LogP contribution in [0, 0.1) is 22.7 Å². The third-order valence-electron chi connectivity index (χ3n) is 10.8. The summed E-state index contributed by atoms with van der Waals surface area (Å²) in [6.07, 6.45) is 15.7. The van der Waals surface area contributed by atoms with Gasteiger partial charge in [0.15, 0.2) is 5.75 Å². The molecule has 2 aliphatic rings. The molecule has 2 aliphatic carbocycles. The molecule has 1 spiro atoms. The van der Waals surface area contributed by atoms with Gasteiger partial charge in [-0.05, 0) is 109 Å². The molecule has 0 amide bonds. The highest BCUT2D eigenvalue weighted by molar-refractivity contribution is 5.99. The van der Waals surface area contributed by atoms with Crippen LogP contribution in [0.4, 0.5) is 0 Å². The molecular formula is C49H52N2O6. The summed E-state index contributed by atoms with van der Waals surface area (Å²) >= 11 is 0. The van der Waals surface area contributed by atoms with Gasteiger partial charge in [0.05, 0.1) is 24.9 Å². The van der Waals surface area contributed by atoms with E-state index in [9.17, 15) is 15.3 Å². The van der Waals surface area contributed by atoms with Crippen LogP contribution in [0.3, 0.4) is 0 Å². The lowest BCUT2D eigenvalue weighted by atomic mass is 9.76. The molecule has 6 rings (SSSR count). The predicted molar refractivity (Wildman–Crippen MR) is 222 cm³/mol. The number of ether oxygens (including phenoxy) is 3. The first-order chi connectivity index (χ1) is 28.0. The van der Waals surface area contributed by atoms with Crippen molar-refractivity contribution in [1.82, 2.24) is 0 Å². The number of carbonyl (C=O) groups excluding carboxylic acids is 1. The molecule has 0 saturated carbocycles. The quantitative estimate of drug-likeness (QED) is 0.0166. The average Bonchev–Trinajstić information content (AvgIpc) is 3.82. The van der Waals surface area contributed by atoms with Crippen molar-refractivity contribution in [3.8, 4) is 35.1 Å². The Hall–Kier alpha value is -5.83. The van der Waals surface area contributed by atoms with Crippen molar-refractivity contribution in [2.75, 3.05) is 19.8 Å². The van der Waals surface area contributed by atoms with Crippen LogP contribution in [0.15, 0.2) is 96.1 Å². The highest BCUT2D eigenvalue weighted by Crippen LogP contribution is 2.57. The van der Waals surface area contributed by atoms with Crippen LogP contribution in [0.1, 0.15) is 111 Å². The van der Waals surface area contributed by atoms with Gasteiger partial charge in [-0.1, -0.05) is 101 Å². The molecule has 294 valence electrons. The first-order valence-electron chi connectivity index (χ1n) is 20.4. The third-order valence-corrected chi connectivity index (χ3v) is 10.8. The number of carbonyl (C=O) groups is 1. The molecule has 4 aromatic carbocycles. The van der Waals surface area contributed by atoms with Gasteiger partial charge in [-0.3, -0.25) is 0 Å². The number of unbranched alkanes of at least 4 members (excludes halogenated alkanes) is 6. The monoisotopic (exact) mass is 764 g/mol. The molecule has 0 N–H and O–H groups in total. The Morgan fingerprint density at radius 1 is 0.667 bits per heavy atom. The fraction of sp³-hybridized carbons (Fsp3) is 0.367. The van der Waals surface area contributed by atoms with Gasteiger partial charge >= 0.3 is 5.97 Å². The maximum Gasteiger partial charge on any atom is 0.354 e. The van der Waals surface area contributed by atoms with E-state index >= 15 is 0 Å². The molecule has 0 aromatic heterocycles. The number of rotatable bonds is 20. The standard InChI is InChI=1S/C49H52N2O6/c1-3-5-7-9-29-53-42-21-17-36(18-22-42)31-38(33-50)35-55-57-45-16-12-14-40-26-28-49(47(40)45)27-25-39-13-11-15-44(46(39)49)56-48(52)41(34-51)32-37-19-23-43(24-20-37)54-30-10-8-6-4-2/h11-24,31-32H,3-10,25-30,35H2,1-2H3. The van der Waals surface area contributed by atoms with E-state index in [2.05, 4.69) is 32.0 Å². The summed E-state index contributed by atoms with van der Waals surface area (Å²) in [4.78, 5) is 25.4. The number of aryl methyl sites for hydroxylation is 2. The molecular weight excluding hydrogens is 713 g/mol. The minimum absolute atomic E-state index is 0.0413. The second-order valence-corrected chi connectivity index (χ2v) is 14.8. The van der Waals surface area contributed by atoms with Crippen LogP contribution in [-0.2, 0) is 27.9 Å². The average molecular weight is 765 g/mol. The molecule has 0 bridgehead atoms. The zero-order valence-electron chi connectivity index (χ0n) is 33.2. The summed E-state index contributed by atoms with van der Waals surface area (Å²) in [6.45, 7) is 5.68. The molecule has 8 nitrogen and oxygen atoms in total. The molecule has 0 heterocycles. The van der Waals surface area contributed by atoms with E-state index in [0.717, 1.165) is 90.7 Å². The predicted octanol–water partition coefficient (Wildman–Crippen LogP) is 11.2. The molecule has 57 heavy (non-hydrogen) atoms. The van der Waals surface area contributed by atoms with Gasteiger partial charge in [-0.2, -0.15) is 15.4 Å². The zero-order valence-corrected chi connectivity index (χ0v) is 33.2. The van der Waals surface area contributed by atoms with Gasteiger partial charge in [0, 0.05) is 16.5 Å². The van der Waals surface area contributed by atoms with E-state index in [1.807, 2.05) is 72.8 Å². The van der Waals surface area contributed by atoms with E-state index < -0.39 is 11.4 Å². The van der Waals surface area contributed by atoms with Gasteiger partial charge in [0.25, 0.3) is 0 Å². The Bertz CT molecular complexity index is 2120. The van der Waals surface area contributed by atoms with Crippen molar-refractivity contribution in [3.05, 3.63) is 129 Å².